The summed E-state index contributed by atoms with van der Waals surface area (Å²) in [7, 11) is 1.84. The minimum Gasteiger partial charge on any atom is -0.331 e. The third-order valence-electron chi connectivity index (χ3n) is 4.09. The number of nitrogens with zero attached hydrogens (tertiary/aromatic N) is 4. The van der Waals surface area contributed by atoms with Crippen molar-refractivity contribution in [3.63, 3.8) is 0 Å². The summed E-state index contributed by atoms with van der Waals surface area (Å²) < 4.78 is 1.71. The number of pyridine rings is 1. The molecular formula is C15H19N5O2. The first-order chi connectivity index (χ1) is 10.5. The molecule has 22 heavy (non-hydrogen) atoms. The van der Waals surface area contributed by atoms with Gasteiger partial charge in [-0.3, -0.25) is 14.3 Å². The van der Waals surface area contributed by atoms with Crippen LogP contribution in [0.2, 0.25) is 0 Å². The molecule has 2 amide bonds. The average Bonchev–Trinajstić information content (AvgIpc) is 3.05. The van der Waals surface area contributed by atoms with Gasteiger partial charge < -0.3 is 10.2 Å². The minimum absolute atomic E-state index is 0.0608. The van der Waals surface area contributed by atoms with Gasteiger partial charge in [-0.05, 0) is 25.8 Å². The maximum Gasteiger partial charge on any atom is 0.247 e. The first-order valence-corrected chi connectivity index (χ1v) is 7.35. The van der Waals surface area contributed by atoms with Gasteiger partial charge in [0.05, 0.1) is 17.6 Å². The second kappa shape index (κ2) is 5.40. The number of hydrogen-bond donors (Lipinski definition) is 1. The standard InChI is InChI=1S/C15H19N5O2/c1-9-12-7-11(8-16-14(12)19(3)18-9)17-15(22)13-5-4-6-20(13)10(2)21/h7-8,13H,4-6H2,1-3H3,(H,17,22). The Balaban J connectivity index is 1.82. The summed E-state index contributed by atoms with van der Waals surface area (Å²) >= 11 is 0. The minimum atomic E-state index is -0.386. The van der Waals surface area contributed by atoms with Crippen LogP contribution in [-0.2, 0) is 16.6 Å². The molecule has 1 aliphatic heterocycles. The van der Waals surface area contributed by atoms with Gasteiger partial charge in [0.15, 0.2) is 5.65 Å². The molecule has 7 heteroatoms. The largest absolute Gasteiger partial charge is 0.331 e. The van der Waals surface area contributed by atoms with E-state index >= 15 is 0 Å². The first kappa shape index (κ1) is 14.5. The summed E-state index contributed by atoms with van der Waals surface area (Å²) in [5.41, 5.74) is 2.28. The van der Waals surface area contributed by atoms with Crippen molar-refractivity contribution in [3.05, 3.63) is 18.0 Å². The van der Waals surface area contributed by atoms with Crippen LogP contribution in [0.1, 0.15) is 25.5 Å². The molecule has 1 saturated heterocycles. The van der Waals surface area contributed by atoms with Crippen LogP contribution in [-0.4, -0.2) is 44.1 Å². The smallest absolute Gasteiger partial charge is 0.247 e. The Morgan fingerprint density at radius 1 is 1.41 bits per heavy atom. The van der Waals surface area contributed by atoms with Gasteiger partial charge in [-0.2, -0.15) is 5.10 Å². The lowest BCUT2D eigenvalue weighted by molar-refractivity contribution is -0.134. The molecular weight excluding hydrogens is 282 g/mol. The first-order valence-electron chi connectivity index (χ1n) is 7.35. The van der Waals surface area contributed by atoms with Crippen LogP contribution in [0.3, 0.4) is 0 Å². The van der Waals surface area contributed by atoms with Gasteiger partial charge in [0.2, 0.25) is 11.8 Å². The molecule has 0 radical (unpaired) electrons. The highest BCUT2D eigenvalue weighted by molar-refractivity contribution is 5.98. The Hall–Kier alpha value is -2.44. The fourth-order valence-corrected chi connectivity index (χ4v) is 3.02. The summed E-state index contributed by atoms with van der Waals surface area (Å²) in [6.45, 7) is 4.05. The van der Waals surface area contributed by atoms with Crippen molar-refractivity contribution in [1.82, 2.24) is 19.7 Å². The van der Waals surface area contributed by atoms with Crippen molar-refractivity contribution in [1.29, 1.82) is 0 Å². The number of amides is 2. The van der Waals surface area contributed by atoms with Crippen LogP contribution < -0.4 is 5.32 Å². The van der Waals surface area contributed by atoms with E-state index in [0.29, 0.717) is 18.7 Å². The maximum atomic E-state index is 12.4. The number of anilines is 1. The topological polar surface area (TPSA) is 80.1 Å². The number of aryl methyl sites for hydroxylation is 2. The maximum absolute atomic E-state index is 12.4. The molecule has 116 valence electrons. The molecule has 1 aliphatic rings. The van der Waals surface area contributed by atoms with Crippen molar-refractivity contribution in [3.8, 4) is 0 Å². The SMILES string of the molecule is CC(=O)N1CCCC1C(=O)Nc1cnc2c(c1)c(C)nn2C. The summed E-state index contributed by atoms with van der Waals surface area (Å²) in [5.74, 6) is -0.218. The van der Waals surface area contributed by atoms with Crippen molar-refractivity contribution in [2.24, 2.45) is 7.05 Å². The predicted molar refractivity (Wildman–Crippen MR) is 82.3 cm³/mol. The van der Waals surface area contributed by atoms with E-state index in [0.717, 1.165) is 23.1 Å². The molecule has 0 aliphatic carbocycles. The monoisotopic (exact) mass is 301 g/mol. The third kappa shape index (κ3) is 2.43. The average molecular weight is 301 g/mol. The Morgan fingerprint density at radius 3 is 2.91 bits per heavy atom. The van der Waals surface area contributed by atoms with Gasteiger partial charge in [-0.1, -0.05) is 0 Å². The second-order valence-corrected chi connectivity index (χ2v) is 5.66. The quantitative estimate of drug-likeness (QED) is 0.904. The van der Waals surface area contributed by atoms with E-state index in [4.69, 9.17) is 0 Å². The van der Waals surface area contributed by atoms with Crippen LogP contribution in [0.5, 0.6) is 0 Å². The van der Waals surface area contributed by atoms with Gasteiger partial charge in [-0.15, -0.1) is 0 Å². The zero-order valence-corrected chi connectivity index (χ0v) is 13.0. The normalized spacial score (nSPS) is 18.0. The van der Waals surface area contributed by atoms with Crippen molar-refractivity contribution >= 4 is 28.5 Å². The summed E-state index contributed by atoms with van der Waals surface area (Å²) in [5, 5.41) is 8.09. The molecule has 3 heterocycles. The van der Waals surface area contributed by atoms with Crippen LogP contribution in [0.4, 0.5) is 5.69 Å². The van der Waals surface area contributed by atoms with Gasteiger partial charge >= 0.3 is 0 Å². The lowest BCUT2D eigenvalue weighted by Gasteiger charge is -2.22. The summed E-state index contributed by atoms with van der Waals surface area (Å²) in [4.78, 5) is 29.9. The van der Waals surface area contributed by atoms with Crippen LogP contribution in [0.25, 0.3) is 11.0 Å². The molecule has 2 aromatic heterocycles. The molecule has 3 rings (SSSR count). The fourth-order valence-electron chi connectivity index (χ4n) is 3.02. The number of likely N-dealkylation sites (tertiary alicyclic amines) is 1. The second-order valence-electron chi connectivity index (χ2n) is 5.66. The summed E-state index contributed by atoms with van der Waals surface area (Å²) in [6.07, 6.45) is 3.18. The molecule has 1 atom stereocenters. The number of rotatable bonds is 2. The van der Waals surface area contributed by atoms with Gasteiger partial charge in [0.1, 0.15) is 6.04 Å². The molecule has 0 spiro atoms. The Bertz CT molecular complexity index is 752. The highest BCUT2D eigenvalue weighted by atomic mass is 16.2. The zero-order valence-electron chi connectivity index (χ0n) is 13.0. The van der Waals surface area contributed by atoms with Crippen LogP contribution in [0.15, 0.2) is 12.3 Å². The predicted octanol–water partition coefficient (Wildman–Crippen LogP) is 1.23. The van der Waals surface area contributed by atoms with Gasteiger partial charge in [0, 0.05) is 25.9 Å². The number of nitrogens with one attached hydrogen (secondary N) is 1. The number of carbonyl (C=O) groups excluding carboxylic acids is 2. The molecule has 0 aromatic carbocycles. The molecule has 1 fully saturated rings. The number of aromatic nitrogens is 3. The fraction of sp³-hybridized carbons (Fsp3) is 0.467. The molecule has 7 nitrogen and oxygen atoms in total. The Labute approximate surface area is 128 Å². The zero-order chi connectivity index (χ0) is 15.9. The van der Waals surface area contributed by atoms with E-state index in [-0.39, 0.29) is 17.9 Å². The highest BCUT2D eigenvalue weighted by Crippen LogP contribution is 2.22. The highest BCUT2D eigenvalue weighted by Gasteiger charge is 2.32. The third-order valence-corrected chi connectivity index (χ3v) is 4.09. The lowest BCUT2D eigenvalue weighted by atomic mass is 10.2. The Morgan fingerprint density at radius 2 is 2.18 bits per heavy atom. The van der Waals surface area contributed by atoms with E-state index in [2.05, 4.69) is 15.4 Å². The van der Waals surface area contributed by atoms with Gasteiger partial charge in [0.25, 0.3) is 0 Å². The number of carbonyl (C=O) groups is 2. The van der Waals surface area contributed by atoms with E-state index in [1.54, 1.807) is 15.8 Å². The number of hydrogen-bond acceptors (Lipinski definition) is 4. The summed E-state index contributed by atoms with van der Waals surface area (Å²) in [6, 6.07) is 1.48. The molecule has 0 saturated carbocycles. The number of fused-ring (bicyclic) bond motifs is 1. The van der Waals surface area contributed by atoms with E-state index in [9.17, 15) is 9.59 Å². The van der Waals surface area contributed by atoms with Crippen molar-refractivity contribution in [2.45, 2.75) is 32.7 Å². The van der Waals surface area contributed by atoms with Gasteiger partial charge in [-0.25, -0.2) is 4.98 Å². The van der Waals surface area contributed by atoms with E-state index < -0.39 is 0 Å². The van der Waals surface area contributed by atoms with E-state index in [1.807, 2.05) is 20.0 Å². The lowest BCUT2D eigenvalue weighted by Crippen LogP contribution is -2.42. The van der Waals surface area contributed by atoms with Crippen LogP contribution in [0, 0.1) is 6.92 Å². The molecule has 2 aromatic rings. The molecule has 0 bridgehead atoms. The van der Waals surface area contributed by atoms with Crippen LogP contribution >= 0.6 is 0 Å². The van der Waals surface area contributed by atoms with Crippen molar-refractivity contribution < 1.29 is 9.59 Å². The Kier molecular flexibility index (Phi) is 3.56. The van der Waals surface area contributed by atoms with Crippen molar-refractivity contribution in [2.75, 3.05) is 11.9 Å². The van der Waals surface area contributed by atoms with E-state index in [1.165, 1.54) is 6.92 Å². The molecule has 1 N–H and O–H groups in total. The molecule has 1 unspecified atom stereocenters.